The van der Waals surface area contributed by atoms with Crippen LogP contribution >= 0.6 is 15.9 Å². The quantitative estimate of drug-likeness (QED) is 0.709. The van der Waals surface area contributed by atoms with Gasteiger partial charge in [-0.25, -0.2) is 8.42 Å². The van der Waals surface area contributed by atoms with Crippen molar-refractivity contribution in [2.24, 2.45) is 0 Å². The van der Waals surface area contributed by atoms with Crippen molar-refractivity contribution >= 4 is 31.9 Å². The number of nitrogens with zero attached hydrogens (tertiary/aromatic N) is 1. The standard InChI is InChI=1S/C16H16BrNO4S/c17-14-6-8-15(9-7-14)23(21,22)18(12-16(19)20)11-10-13-4-2-1-3-5-13/h1-9H,10-12H2,(H,19,20)/p-1. The summed E-state index contributed by atoms with van der Waals surface area (Å²) in [6.07, 6.45) is 0.421. The van der Waals surface area contributed by atoms with Crippen LogP contribution in [0.25, 0.3) is 0 Å². The summed E-state index contributed by atoms with van der Waals surface area (Å²) < 4.78 is 26.9. The summed E-state index contributed by atoms with van der Waals surface area (Å²) >= 11 is 3.24. The number of hydrogen-bond donors (Lipinski definition) is 0. The van der Waals surface area contributed by atoms with Gasteiger partial charge in [0, 0.05) is 11.0 Å². The highest BCUT2D eigenvalue weighted by Crippen LogP contribution is 2.19. The fourth-order valence-corrected chi connectivity index (χ4v) is 3.73. The van der Waals surface area contributed by atoms with E-state index in [1.54, 1.807) is 12.1 Å². The van der Waals surface area contributed by atoms with Gasteiger partial charge >= 0.3 is 0 Å². The van der Waals surface area contributed by atoms with Crippen molar-refractivity contribution in [3.05, 3.63) is 64.6 Å². The Morgan fingerprint density at radius 1 is 1.04 bits per heavy atom. The zero-order valence-electron chi connectivity index (χ0n) is 12.2. The Morgan fingerprint density at radius 3 is 2.22 bits per heavy atom. The molecule has 0 fully saturated rings. The molecule has 0 aliphatic rings. The molecular formula is C16H15BrNO4S-. The monoisotopic (exact) mass is 396 g/mol. The molecule has 0 heterocycles. The van der Waals surface area contributed by atoms with Gasteiger partial charge in [-0.2, -0.15) is 4.31 Å². The fraction of sp³-hybridized carbons (Fsp3) is 0.188. The van der Waals surface area contributed by atoms with E-state index in [1.165, 1.54) is 12.1 Å². The molecule has 0 unspecified atom stereocenters. The number of sulfonamides is 1. The van der Waals surface area contributed by atoms with Crippen molar-refractivity contribution < 1.29 is 18.3 Å². The summed E-state index contributed by atoms with van der Waals surface area (Å²) in [4.78, 5) is 11.0. The molecule has 0 N–H and O–H groups in total. The van der Waals surface area contributed by atoms with Gasteiger partial charge in [-0.1, -0.05) is 46.3 Å². The highest BCUT2D eigenvalue weighted by Gasteiger charge is 2.24. The third kappa shape index (κ3) is 4.89. The van der Waals surface area contributed by atoms with E-state index in [4.69, 9.17) is 0 Å². The molecule has 0 saturated carbocycles. The van der Waals surface area contributed by atoms with Gasteiger partial charge in [0.15, 0.2) is 0 Å². The Hall–Kier alpha value is -1.70. The predicted molar refractivity (Wildman–Crippen MR) is 88.1 cm³/mol. The topological polar surface area (TPSA) is 77.5 Å². The number of halogens is 1. The Bertz CT molecular complexity index is 760. The molecule has 2 aromatic rings. The van der Waals surface area contributed by atoms with E-state index in [0.717, 1.165) is 14.3 Å². The van der Waals surface area contributed by atoms with Crippen LogP contribution < -0.4 is 5.11 Å². The van der Waals surface area contributed by atoms with Crippen LogP contribution in [0.5, 0.6) is 0 Å². The number of rotatable bonds is 7. The van der Waals surface area contributed by atoms with Crippen LogP contribution in [0.15, 0.2) is 64.0 Å². The maximum atomic E-state index is 12.6. The van der Waals surface area contributed by atoms with Gasteiger partial charge < -0.3 is 9.90 Å². The van der Waals surface area contributed by atoms with E-state index < -0.39 is 22.5 Å². The molecule has 0 atom stereocenters. The highest BCUT2D eigenvalue weighted by atomic mass is 79.9. The van der Waals surface area contributed by atoms with Crippen molar-refractivity contribution in [2.75, 3.05) is 13.1 Å². The first-order valence-corrected chi connectivity index (χ1v) is 9.12. The van der Waals surface area contributed by atoms with E-state index in [-0.39, 0.29) is 11.4 Å². The van der Waals surface area contributed by atoms with Gasteiger partial charge in [0.05, 0.1) is 17.4 Å². The molecule has 0 bridgehead atoms. The van der Waals surface area contributed by atoms with Gasteiger partial charge in [-0.05, 0) is 36.2 Å². The fourth-order valence-electron chi connectivity index (χ4n) is 2.08. The lowest BCUT2D eigenvalue weighted by atomic mass is 10.1. The van der Waals surface area contributed by atoms with Crippen LogP contribution in [-0.2, 0) is 21.2 Å². The average Bonchev–Trinajstić information content (AvgIpc) is 2.52. The van der Waals surface area contributed by atoms with E-state index in [0.29, 0.717) is 6.42 Å². The van der Waals surface area contributed by atoms with E-state index in [2.05, 4.69) is 15.9 Å². The molecular weight excluding hydrogens is 382 g/mol. The van der Waals surface area contributed by atoms with Gasteiger partial charge in [-0.15, -0.1) is 0 Å². The van der Waals surface area contributed by atoms with Gasteiger partial charge in [-0.3, -0.25) is 0 Å². The molecule has 122 valence electrons. The summed E-state index contributed by atoms with van der Waals surface area (Å²) in [5.74, 6) is -1.43. The maximum Gasteiger partial charge on any atom is 0.243 e. The first kappa shape index (κ1) is 17.7. The minimum Gasteiger partial charge on any atom is -0.549 e. The molecule has 0 spiro atoms. The van der Waals surface area contributed by atoms with Gasteiger partial charge in [0.2, 0.25) is 10.0 Å². The normalized spacial score (nSPS) is 11.6. The molecule has 0 aliphatic heterocycles. The number of carbonyl (C=O) groups excluding carboxylic acids is 1. The second kappa shape index (κ2) is 7.72. The van der Waals surface area contributed by atoms with E-state index >= 15 is 0 Å². The summed E-state index contributed by atoms with van der Waals surface area (Å²) in [5, 5.41) is 10.9. The lowest BCUT2D eigenvalue weighted by molar-refractivity contribution is -0.305. The molecule has 7 heteroatoms. The average molecular weight is 397 g/mol. The minimum absolute atomic E-state index is 0.0509. The zero-order valence-corrected chi connectivity index (χ0v) is 14.6. The first-order chi connectivity index (χ1) is 10.9. The van der Waals surface area contributed by atoms with Gasteiger partial charge in [0.25, 0.3) is 0 Å². The molecule has 0 aliphatic carbocycles. The number of carbonyl (C=O) groups is 1. The Morgan fingerprint density at radius 2 is 1.65 bits per heavy atom. The van der Waals surface area contributed by atoms with E-state index in [1.807, 2.05) is 30.3 Å². The Balaban J connectivity index is 2.22. The van der Waals surface area contributed by atoms with Crippen molar-refractivity contribution in [1.29, 1.82) is 0 Å². The maximum absolute atomic E-state index is 12.6. The van der Waals surface area contributed by atoms with Crippen LogP contribution in [-0.4, -0.2) is 31.8 Å². The lowest BCUT2D eigenvalue weighted by Crippen LogP contribution is -2.42. The highest BCUT2D eigenvalue weighted by molar-refractivity contribution is 9.10. The van der Waals surface area contributed by atoms with E-state index in [9.17, 15) is 18.3 Å². The summed E-state index contributed by atoms with van der Waals surface area (Å²) in [6, 6.07) is 15.4. The minimum atomic E-state index is -3.89. The molecule has 0 aromatic heterocycles. The second-order valence-electron chi connectivity index (χ2n) is 4.90. The third-order valence-electron chi connectivity index (χ3n) is 3.25. The third-order valence-corrected chi connectivity index (χ3v) is 5.64. The van der Waals surface area contributed by atoms with Crippen LogP contribution in [0.4, 0.5) is 0 Å². The van der Waals surface area contributed by atoms with Crippen molar-refractivity contribution in [3.63, 3.8) is 0 Å². The predicted octanol–water partition coefficient (Wildman–Crippen LogP) is 1.43. The van der Waals surface area contributed by atoms with Gasteiger partial charge in [0.1, 0.15) is 0 Å². The van der Waals surface area contributed by atoms with Crippen molar-refractivity contribution in [3.8, 4) is 0 Å². The largest absolute Gasteiger partial charge is 0.549 e. The van der Waals surface area contributed by atoms with Crippen LogP contribution in [0.3, 0.4) is 0 Å². The van der Waals surface area contributed by atoms with Crippen molar-refractivity contribution in [2.45, 2.75) is 11.3 Å². The van der Waals surface area contributed by atoms with Crippen molar-refractivity contribution in [1.82, 2.24) is 4.31 Å². The molecule has 0 saturated heterocycles. The number of benzene rings is 2. The molecule has 0 radical (unpaired) electrons. The lowest BCUT2D eigenvalue weighted by Gasteiger charge is -2.22. The number of aliphatic carboxylic acids is 1. The number of carboxylic acids is 1. The Kier molecular flexibility index (Phi) is 5.92. The molecule has 0 amide bonds. The summed E-state index contributed by atoms with van der Waals surface area (Å²) in [5.41, 5.74) is 0.932. The second-order valence-corrected chi connectivity index (χ2v) is 7.75. The molecule has 23 heavy (non-hydrogen) atoms. The number of carboxylic acid groups (broad SMARTS) is 1. The smallest absolute Gasteiger partial charge is 0.243 e. The molecule has 5 nitrogen and oxygen atoms in total. The Labute approximate surface area is 143 Å². The van der Waals surface area contributed by atoms with Crippen LogP contribution in [0, 0.1) is 0 Å². The summed E-state index contributed by atoms with van der Waals surface area (Å²) in [7, 11) is -3.89. The SMILES string of the molecule is O=C([O-])CN(CCc1ccccc1)S(=O)(=O)c1ccc(Br)cc1. The van der Waals surface area contributed by atoms with Crippen LogP contribution in [0.1, 0.15) is 5.56 Å². The molecule has 2 rings (SSSR count). The van der Waals surface area contributed by atoms with Crippen LogP contribution in [0.2, 0.25) is 0 Å². The molecule has 2 aromatic carbocycles. The summed E-state index contributed by atoms with van der Waals surface area (Å²) in [6.45, 7) is -0.610. The zero-order chi connectivity index (χ0) is 16.9. The number of hydrogen-bond acceptors (Lipinski definition) is 4. The first-order valence-electron chi connectivity index (χ1n) is 6.89.